The van der Waals surface area contributed by atoms with E-state index in [0.29, 0.717) is 42.9 Å². The lowest BCUT2D eigenvalue weighted by Gasteiger charge is -2.23. The minimum atomic E-state index is -0.980. The first-order valence-corrected chi connectivity index (χ1v) is 8.65. The number of hydrogen-bond acceptors (Lipinski definition) is 7. The van der Waals surface area contributed by atoms with Crippen LogP contribution in [0.5, 0.6) is 5.88 Å². The van der Waals surface area contributed by atoms with Gasteiger partial charge in [0, 0.05) is 25.3 Å². The number of carbonyl (C=O) groups is 2. The highest BCUT2D eigenvalue weighted by Gasteiger charge is 2.28. The molecule has 6 nitrogen and oxygen atoms in total. The average molecular weight is 341 g/mol. The zero-order chi connectivity index (χ0) is 17.0. The van der Waals surface area contributed by atoms with E-state index in [1.165, 1.54) is 0 Å². The molecule has 0 spiro atoms. The van der Waals surface area contributed by atoms with Crippen LogP contribution in [0.2, 0.25) is 0 Å². The molecule has 128 valence electrons. The fourth-order valence-electron chi connectivity index (χ4n) is 2.33. The highest BCUT2D eigenvalue weighted by Crippen LogP contribution is 2.29. The van der Waals surface area contributed by atoms with Gasteiger partial charge in [0.05, 0.1) is 16.4 Å². The molecular weight excluding hydrogens is 318 g/mol. The summed E-state index contributed by atoms with van der Waals surface area (Å²) in [6.45, 7) is 5.20. The number of Topliss-reactive ketones (excluding diaryl/α,β-unsaturated/α-hetero) is 1. The molecule has 1 fully saturated rings. The van der Waals surface area contributed by atoms with Gasteiger partial charge in [0.1, 0.15) is 5.78 Å². The van der Waals surface area contributed by atoms with Gasteiger partial charge < -0.3 is 14.6 Å². The van der Waals surface area contributed by atoms with Crippen molar-refractivity contribution in [3.8, 4) is 5.88 Å². The third-order valence-electron chi connectivity index (χ3n) is 3.80. The van der Waals surface area contributed by atoms with E-state index in [9.17, 15) is 14.7 Å². The van der Waals surface area contributed by atoms with Crippen LogP contribution < -0.4 is 4.74 Å². The molecule has 0 radical (unpaired) electrons. The zero-order valence-electron chi connectivity index (χ0n) is 13.7. The molecule has 2 rings (SSSR count). The number of aromatic nitrogens is 1. The Morgan fingerprint density at radius 1 is 1.48 bits per heavy atom. The van der Waals surface area contributed by atoms with Gasteiger partial charge >= 0.3 is 5.97 Å². The monoisotopic (exact) mass is 341 g/mol. The second kappa shape index (κ2) is 7.40. The highest BCUT2D eigenvalue weighted by atomic mass is 32.1. The van der Waals surface area contributed by atoms with E-state index in [1.807, 2.05) is 6.92 Å². The standard InChI is InChI=1S/C16H23NO5S/c1-4-14(21-13-9-12(23-17-13)16(2,3)20)22-15(19)10-5-7-11(18)8-6-10/h9-10,14,20H,4-8H2,1-3H3. The lowest BCUT2D eigenvalue weighted by Crippen LogP contribution is -2.30. The Kier molecular flexibility index (Phi) is 5.75. The summed E-state index contributed by atoms with van der Waals surface area (Å²) in [5, 5.41) is 9.93. The fraction of sp³-hybridized carbons (Fsp3) is 0.688. The smallest absolute Gasteiger partial charge is 0.312 e. The Bertz CT molecular complexity index is 553. The first-order chi connectivity index (χ1) is 10.8. The largest absolute Gasteiger partial charge is 0.437 e. The number of nitrogens with zero attached hydrogens (tertiary/aromatic N) is 1. The van der Waals surface area contributed by atoms with Crippen molar-refractivity contribution >= 4 is 23.3 Å². The van der Waals surface area contributed by atoms with Gasteiger partial charge in [-0.05, 0) is 38.2 Å². The van der Waals surface area contributed by atoms with Crippen molar-refractivity contribution in [1.29, 1.82) is 0 Å². The second-order valence-corrected chi connectivity index (χ2v) is 7.10. The molecule has 1 aliphatic rings. The van der Waals surface area contributed by atoms with Gasteiger partial charge in [0.25, 0.3) is 0 Å². The van der Waals surface area contributed by atoms with Crippen LogP contribution in [0, 0.1) is 5.92 Å². The van der Waals surface area contributed by atoms with Crippen LogP contribution in [0.4, 0.5) is 0 Å². The Hall–Kier alpha value is -1.47. The van der Waals surface area contributed by atoms with E-state index in [2.05, 4.69) is 4.37 Å². The van der Waals surface area contributed by atoms with E-state index in [4.69, 9.17) is 9.47 Å². The van der Waals surface area contributed by atoms with Gasteiger partial charge in [0.2, 0.25) is 12.2 Å². The summed E-state index contributed by atoms with van der Waals surface area (Å²) >= 11 is 1.15. The van der Waals surface area contributed by atoms with Crippen molar-refractivity contribution in [2.75, 3.05) is 0 Å². The molecule has 0 aromatic carbocycles. The summed E-state index contributed by atoms with van der Waals surface area (Å²) in [5.74, 6) is -0.000398. The number of ether oxygens (including phenoxy) is 2. The molecule has 0 aliphatic heterocycles. The maximum Gasteiger partial charge on any atom is 0.312 e. The van der Waals surface area contributed by atoms with Crippen LogP contribution in [-0.2, 0) is 19.9 Å². The summed E-state index contributed by atoms with van der Waals surface area (Å²) in [4.78, 5) is 24.1. The Balaban J connectivity index is 1.91. The first kappa shape index (κ1) is 17.9. The maximum atomic E-state index is 12.2. The third kappa shape index (κ3) is 5.00. The van der Waals surface area contributed by atoms with Crippen molar-refractivity contribution < 1.29 is 24.2 Å². The highest BCUT2D eigenvalue weighted by molar-refractivity contribution is 7.06. The van der Waals surface area contributed by atoms with Crippen LogP contribution in [-0.4, -0.2) is 27.5 Å². The van der Waals surface area contributed by atoms with Gasteiger partial charge in [-0.3, -0.25) is 9.59 Å². The Morgan fingerprint density at radius 2 is 2.13 bits per heavy atom. The number of carbonyl (C=O) groups excluding carboxylic acids is 2. The van der Waals surface area contributed by atoms with Gasteiger partial charge in [0.15, 0.2) is 0 Å². The SMILES string of the molecule is CCC(OC(=O)C1CCC(=O)CC1)Oc1cc(C(C)(C)O)sn1. The molecule has 23 heavy (non-hydrogen) atoms. The molecular formula is C16H23NO5S. The van der Waals surface area contributed by atoms with E-state index in [0.717, 1.165) is 11.5 Å². The van der Waals surface area contributed by atoms with Crippen LogP contribution in [0.25, 0.3) is 0 Å². The van der Waals surface area contributed by atoms with E-state index in [-0.39, 0.29) is 17.7 Å². The van der Waals surface area contributed by atoms with Crippen molar-refractivity contribution in [3.05, 3.63) is 10.9 Å². The normalized spacial score (nSPS) is 17.8. The molecule has 1 unspecified atom stereocenters. The lowest BCUT2D eigenvalue weighted by atomic mass is 9.88. The number of rotatable bonds is 6. The van der Waals surface area contributed by atoms with E-state index >= 15 is 0 Å². The predicted octanol–water partition coefficient (Wildman–Crippen LogP) is 2.79. The molecule has 1 aromatic rings. The molecule has 7 heteroatoms. The van der Waals surface area contributed by atoms with Gasteiger partial charge in [-0.2, -0.15) is 4.37 Å². The predicted molar refractivity (Wildman–Crippen MR) is 85.1 cm³/mol. The minimum absolute atomic E-state index is 0.207. The summed E-state index contributed by atoms with van der Waals surface area (Å²) in [5.41, 5.74) is -0.980. The van der Waals surface area contributed by atoms with Crippen LogP contribution >= 0.6 is 11.5 Å². The number of ketones is 1. The number of hydrogen-bond donors (Lipinski definition) is 1. The van der Waals surface area contributed by atoms with Gasteiger partial charge in [-0.25, -0.2) is 0 Å². The fourth-order valence-corrected chi connectivity index (χ4v) is 2.99. The number of esters is 1. The molecule has 0 amide bonds. The molecule has 1 N–H and O–H groups in total. The molecule has 1 aliphatic carbocycles. The van der Waals surface area contributed by atoms with Crippen molar-refractivity contribution in [1.82, 2.24) is 4.37 Å². The Labute approximate surface area is 140 Å². The number of aliphatic hydroxyl groups is 1. The second-order valence-electron chi connectivity index (χ2n) is 6.29. The van der Waals surface area contributed by atoms with Crippen LogP contribution in [0.15, 0.2) is 6.07 Å². The van der Waals surface area contributed by atoms with Crippen molar-refractivity contribution in [2.24, 2.45) is 5.92 Å². The topological polar surface area (TPSA) is 85.7 Å². The van der Waals surface area contributed by atoms with Gasteiger partial charge in [-0.15, -0.1) is 0 Å². The molecule has 0 saturated heterocycles. The summed E-state index contributed by atoms with van der Waals surface area (Å²) in [6.07, 6.45) is 1.77. The quantitative estimate of drug-likeness (QED) is 0.632. The molecule has 0 bridgehead atoms. The molecule has 1 saturated carbocycles. The van der Waals surface area contributed by atoms with Crippen LogP contribution in [0.3, 0.4) is 0 Å². The first-order valence-electron chi connectivity index (χ1n) is 7.88. The van der Waals surface area contributed by atoms with E-state index < -0.39 is 11.9 Å². The van der Waals surface area contributed by atoms with E-state index in [1.54, 1.807) is 19.9 Å². The lowest BCUT2D eigenvalue weighted by molar-refractivity contribution is -0.170. The summed E-state index contributed by atoms with van der Waals surface area (Å²) < 4.78 is 15.1. The Morgan fingerprint density at radius 3 is 2.65 bits per heavy atom. The average Bonchev–Trinajstić information content (AvgIpc) is 2.95. The maximum absolute atomic E-state index is 12.2. The zero-order valence-corrected chi connectivity index (χ0v) is 14.5. The third-order valence-corrected chi connectivity index (χ3v) is 4.89. The van der Waals surface area contributed by atoms with Crippen LogP contribution in [0.1, 0.15) is 57.8 Å². The van der Waals surface area contributed by atoms with Crippen molar-refractivity contribution in [3.63, 3.8) is 0 Å². The van der Waals surface area contributed by atoms with Crippen molar-refractivity contribution in [2.45, 2.75) is 64.8 Å². The minimum Gasteiger partial charge on any atom is -0.437 e. The molecule has 1 heterocycles. The molecule has 1 atom stereocenters. The summed E-state index contributed by atoms with van der Waals surface area (Å²) in [7, 11) is 0. The summed E-state index contributed by atoms with van der Waals surface area (Å²) in [6, 6.07) is 1.65. The van der Waals surface area contributed by atoms with Gasteiger partial charge in [-0.1, -0.05) is 6.92 Å². The molecule has 1 aromatic heterocycles.